The predicted molar refractivity (Wildman–Crippen MR) is 280 cm³/mol. The van der Waals surface area contributed by atoms with E-state index in [0.717, 1.165) is 51.0 Å². The maximum Gasteiger partial charge on any atom is 0.501 e. The molecule has 0 unspecified atom stereocenters. The van der Waals surface area contributed by atoms with E-state index in [1.807, 2.05) is 23.8 Å². The summed E-state index contributed by atoms with van der Waals surface area (Å²) in [4.78, 5) is 26.0. The molecule has 1 amide bonds. The lowest BCUT2D eigenvalue weighted by Crippen LogP contribution is -2.47. The Balaban J connectivity index is 1.01. The predicted octanol–water partition coefficient (Wildman–Crippen LogP) is 9.28. The minimum absolute atomic E-state index is 0.0198. The molecule has 4 N–H and O–H groups in total. The Morgan fingerprint density at radius 2 is 1.69 bits per heavy atom. The molecule has 3 aliphatic rings. The number of anilines is 2. The molecule has 2 aromatic heterocycles. The Morgan fingerprint density at radius 3 is 2.39 bits per heavy atom. The fraction of sp³-hybridized carbons (Fsp3) is 0.440. The van der Waals surface area contributed by atoms with Crippen molar-refractivity contribution in [1.29, 1.82) is 0 Å². The van der Waals surface area contributed by atoms with Gasteiger partial charge in [-0.15, -0.1) is 10.1 Å². The largest absolute Gasteiger partial charge is 0.501 e. The number of sulfone groups is 1. The maximum absolute atomic E-state index is 14.2. The number of benzene rings is 3. The lowest BCUT2D eigenvalue weighted by Gasteiger charge is -2.39. The van der Waals surface area contributed by atoms with Crippen LogP contribution in [0.4, 0.5) is 24.5 Å². The van der Waals surface area contributed by atoms with Crippen molar-refractivity contribution >= 4 is 75.5 Å². The van der Waals surface area contributed by atoms with Gasteiger partial charge in [0.1, 0.15) is 22.0 Å². The number of alkyl halides is 3. The van der Waals surface area contributed by atoms with Gasteiger partial charge < -0.3 is 29.4 Å². The number of hydrogen-bond donors (Lipinski definition) is 5. The van der Waals surface area contributed by atoms with Crippen LogP contribution in [0.5, 0.6) is 11.5 Å². The van der Waals surface area contributed by atoms with Crippen LogP contribution in [0.15, 0.2) is 105 Å². The van der Waals surface area contributed by atoms with Gasteiger partial charge in [0.2, 0.25) is 0 Å². The van der Waals surface area contributed by atoms with Gasteiger partial charge in [-0.25, -0.2) is 26.5 Å². The number of allylic oxidation sites excluding steroid dienone is 1. The molecule has 0 saturated carbocycles. The number of rotatable bonds is 16. The molecule has 4 heterocycles. The minimum atomic E-state index is -6.10. The standard InChI is InChI=1S/C50H62ClF3N8O7S3/c1-5-57-70(64)26-24-60(25-27-70)19-16-34(2)58-44-13-11-41(30-46(44)71(65,66)50(52,53)54)72(67,68)59-48(63)42-12-10-39(29-45(42)69-40-28-36-15-18-55-47(36)56-32-40)62-22-20-61(21-23-62)33-37-14-17-49(3,4)31-43(37)35-6-8-38(51)9-7-35/h6-13,15,18,28-30,32,34,58,70H,5,14,16-17,19-27,31,33H2,1-4H3,(H,55,56)(H,57,64)(H,59,63)/t34-/m0/s1. The molecule has 8 rings (SSSR count). The van der Waals surface area contributed by atoms with E-state index in [-0.39, 0.29) is 22.5 Å². The third-order valence-corrected chi connectivity index (χ3v) is 19.4. The Labute approximate surface area is 425 Å². The molecule has 3 aromatic carbocycles. The second-order valence-electron chi connectivity index (χ2n) is 19.6. The summed E-state index contributed by atoms with van der Waals surface area (Å²) in [6, 6.07) is 18.0. The van der Waals surface area contributed by atoms with Gasteiger partial charge in [-0.2, -0.15) is 13.2 Å². The SMILES string of the molecule is CCN=[SH]1(O)CCN(CC[C@H](C)Nc2ccc(S(=O)(=O)NC(=O)c3ccc(N4CCN(CC5=C(c6ccc(Cl)cc6)CC(C)(C)CC5)CC4)cc3Oc3cnc4[nH]ccc4c3)cc2S(=O)(=O)C(F)(F)F)CC1. The first-order valence-electron chi connectivity index (χ1n) is 24.0. The highest BCUT2D eigenvalue weighted by molar-refractivity contribution is 8.00. The molecule has 0 radical (unpaired) electrons. The summed E-state index contributed by atoms with van der Waals surface area (Å²) in [5.74, 6) is 0.125. The molecule has 2 aliphatic heterocycles. The zero-order valence-electron chi connectivity index (χ0n) is 40.7. The van der Waals surface area contributed by atoms with E-state index >= 15 is 0 Å². The lowest BCUT2D eigenvalue weighted by atomic mass is 9.72. The monoisotopic (exact) mass is 1070 g/mol. The number of piperazine rings is 1. The van der Waals surface area contributed by atoms with Crippen molar-refractivity contribution in [2.75, 3.05) is 80.6 Å². The van der Waals surface area contributed by atoms with Crippen LogP contribution in [0.1, 0.15) is 69.3 Å². The summed E-state index contributed by atoms with van der Waals surface area (Å²) >= 11 is 6.24. The summed E-state index contributed by atoms with van der Waals surface area (Å²) in [7, 11) is -13.4. The number of ether oxygens (including phenoxy) is 1. The summed E-state index contributed by atoms with van der Waals surface area (Å²) in [6.07, 6.45) is 6.59. The number of aromatic nitrogens is 2. The second-order valence-corrected chi connectivity index (χ2v) is 26.5. The molecule has 1 atom stereocenters. The number of carbonyl (C=O) groups excluding carboxylic acids is 1. The number of amides is 1. The first-order chi connectivity index (χ1) is 34.0. The Bertz CT molecular complexity index is 3110. The van der Waals surface area contributed by atoms with E-state index in [4.69, 9.17) is 16.3 Å². The van der Waals surface area contributed by atoms with Crippen LogP contribution < -0.4 is 19.7 Å². The maximum atomic E-state index is 14.2. The molecule has 2 fully saturated rings. The molecule has 5 aromatic rings. The number of sulfonamides is 1. The molecule has 0 spiro atoms. The first-order valence-corrected chi connectivity index (χ1v) is 29.4. The highest BCUT2D eigenvalue weighted by Crippen LogP contribution is 2.44. The van der Waals surface area contributed by atoms with E-state index in [1.165, 1.54) is 29.0 Å². The fourth-order valence-electron chi connectivity index (χ4n) is 9.52. The molecule has 0 bridgehead atoms. The van der Waals surface area contributed by atoms with Crippen LogP contribution in [0.3, 0.4) is 0 Å². The summed E-state index contributed by atoms with van der Waals surface area (Å²) in [5.41, 5.74) is -1.01. The molecule has 72 heavy (non-hydrogen) atoms. The number of pyridine rings is 1. The van der Waals surface area contributed by atoms with Gasteiger partial charge in [-0.3, -0.25) is 14.1 Å². The molecular weight excluding hydrogens is 1010 g/mol. The van der Waals surface area contributed by atoms with E-state index in [0.29, 0.717) is 85.0 Å². The van der Waals surface area contributed by atoms with Crippen LogP contribution in [-0.2, 0) is 30.0 Å². The Hall–Kier alpha value is -5.03. The van der Waals surface area contributed by atoms with Crippen LogP contribution >= 0.6 is 11.6 Å². The molecule has 15 nitrogen and oxygen atoms in total. The number of carbonyl (C=O) groups is 1. The van der Waals surface area contributed by atoms with E-state index in [2.05, 4.69) is 60.3 Å². The van der Waals surface area contributed by atoms with Gasteiger partial charge >= 0.3 is 5.51 Å². The van der Waals surface area contributed by atoms with Crippen molar-refractivity contribution in [2.24, 2.45) is 9.78 Å². The normalized spacial score (nSPS) is 18.9. The average Bonchev–Trinajstić information content (AvgIpc) is 3.80. The topological polar surface area (TPSA) is 190 Å². The first kappa shape index (κ1) is 53.3. The molecule has 1 aliphatic carbocycles. The third-order valence-electron chi connectivity index (χ3n) is 13.7. The number of halogens is 4. The number of H-pyrrole nitrogens is 1. The van der Waals surface area contributed by atoms with Crippen molar-refractivity contribution < 1.29 is 44.1 Å². The van der Waals surface area contributed by atoms with Crippen molar-refractivity contribution in [3.05, 3.63) is 107 Å². The second kappa shape index (κ2) is 21.4. The van der Waals surface area contributed by atoms with Crippen LogP contribution in [-0.4, -0.2) is 129 Å². The minimum Gasteiger partial charge on any atom is -0.455 e. The Morgan fingerprint density at radius 1 is 0.972 bits per heavy atom. The van der Waals surface area contributed by atoms with E-state index in [9.17, 15) is 39.4 Å². The molecule has 22 heteroatoms. The van der Waals surface area contributed by atoms with Gasteiger partial charge in [0.15, 0.2) is 0 Å². The molecule has 390 valence electrons. The molecule has 2 saturated heterocycles. The fourth-order valence-corrected chi connectivity index (χ4v) is 13.9. The van der Waals surface area contributed by atoms with Gasteiger partial charge in [-0.05, 0) is 111 Å². The van der Waals surface area contributed by atoms with E-state index < -0.39 is 62.9 Å². The van der Waals surface area contributed by atoms with Gasteiger partial charge in [0.05, 0.1) is 22.3 Å². The average molecular weight is 1080 g/mol. The van der Waals surface area contributed by atoms with Crippen molar-refractivity contribution in [3.63, 3.8) is 0 Å². The summed E-state index contributed by atoms with van der Waals surface area (Å²) in [5, 5.41) is 4.23. The third kappa shape index (κ3) is 12.5. The van der Waals surface area contributed by atoms with Gasteiger partial charge in [-0.1, -0.05) is 43.2 Å². The zero-order valence-corrected chi connectivity index (χ0v) is 44.0. The van der Waals surface area contributed by atoms with Crippen LogP contribution in [0.2, 0.25) is 5.02 Å². The lowest BCUT2D eigenvalue weighted by molar-refractivity contribution is -0.0436. The van der Waals surface area contributed by atoms with Crippen molar-refractivity contribution in [1.82, 2.24) is 24.5 Å². The highest BCUT2D eigenvalue weighted by atomic mass is 35.5. The highest BCUT2D eigenvalue weighted by Gasteiger charge is 2.48. The summed E-state index contributed by atoms with van der Waals surface area (Å²) in [6.45, 7) is 13.9. The quantitative estimate of drug-likeness (QED) is 0.0590. The number of aromatic amines is 1. The number of fused-ring (bicyclic) bond motifs is 1. The van der Waals surface area contributed by atoms with Crippen LogP contribution in [0.25, 0.3) is 16.6 Å². The number of nitrogens with zero attached hydrogens (tertiary/aromatic N) is 5. The van der Waals surface area contributed by atoms with E-state index in [1.54, 1.807) is 37.4 Å². The van der Waals surface area contributed by atoms with Crippen molar-refractivity contribution in [2.45, 2.75) is 74.7 Å². The number of hydrogen-bond acceptors (Lipinski definition) is 12. The number of thiol groups is 1. The zero-order chi connectivity index (χ0) is 51.6. The Kier molecular flexibility index (Phi) is 15.9. The number of nitrogens with one attached hydrogen (secondary N) is 3. The molecular formula is C50H62ClF3N8O7S3. The smallest absolute Gasteiger partial charge is 0.455 e. The van der Waals surface area contributed by atoms with Crippen LogP contribution in [0, 0.1) is 5.41 Å². The van der Waals surface area contributed by atoms with Gasteiger partial charge in [0, 0.05) is 105 Å². The van der Waals surface area contributed by atoms with Gasteiger partial charge in [0.25, 0.3) is 25.8 Å². The van der Waals surface area contributed by atoms with Crippen molar-refractivity contribution in [3.8, 4) is 11.5 Å². The summed E-state index contributed by atoms with van der Waals surface area (Å²) < 4.78 is 120.